The van der Waals surface area contributed by atoms with Gasteiger partial charge in [0, 0.05) is 24.0 Å². The molecule has 0 saturated heterocycles. The molecule has 0 saturated carbocycles. The van der Waals surface area contributed by atoms with Gasteiger partial charge in [0.2, 0.25) is 5.91 Å². The Kier molecular flexibility index (Phi) is 5.29. The van der Waals surface area contributed by atoms with Crippen LogP contribution in [0.2, 0.25) is 5.02 Å². The van der Waals surface area contributed by atoms with Gasteiger partial charge < -0.3 is 11.1 Å². The maximum Gasteiger partial charge on any atom is 0.221 e. The molecule has 1 amide bonds. The molecule has 0 heterocycles. The highest BCUT2D eigenvalue weighted by molar-refractivity contribution is 6.31. The number of carbonyl (C=O) groups excluding carboxylic acids is 1. The van der Waals surface area contributed by atoms with Gasteiger partial charge in [0.1, 0.15) is 0 Å². The predicted octanol–water partition coefficient (Wildman–Crippen LogP) is 1.94. The molecule has 0 aliphatic rings. The maximum atomic E-state index is 11.0. The molecule has 88 valence electrons. The second-order valence-electron chi connectivity index (χ2n) is 3.73. The topological polar surface area (TPSA) is 55.1 Å². The number of halogens is 1. The molecule has 1 aromatic carbocycles. The monoisotopic (exact) mass is 240 g/mol. The molecule has 0 radical (unpaired) electrons. The third-order valence-electron chi connectivity index (χ3n) is 2.56. The number of benzene rings is 1. The van der Waals surface area contributed by atoms with Crippen LogP contribution in [0, 0.1) is 5.92 Å². The summed E-state index contributed by atoms with van der Waals surface area (Å²) in [6.45, 7) is 3.20. The van der Waals surface area contributed by atoms with Gasteiger partial charge in [0.05, 0.1) is 0 Å². The van der Waals surface area contributed by atoms with E-state index >= 15 is 0 Å². The highest BCUT2D eigenvalue weighted by Gasteiger charge is 2.11. The van der Waals surface area contributed by atoms with Crippen LogP contribution in [0.1, 0.15) is 18.9 Å². The molecule has 1 rings (SSSR count). The van der Waals surface area contributed by atoms with Gasteiger partial charge in [-0.2, -0.15) is 0 Å². The van der Waals surface area contributed by atoms with Crippen molar-refractivity contribution in [3.8, 4) is 0 Å². The van der Waals surface area contributed by atoms with Gasteiger partial charge in [-0.1, -0.05) is 36.7 Å². The van der Waals surface area contributed by atoms with Crippen molar-refractivity contribution in [3.05, 3.63) is 34.9 Å². The maximum absolute atomic E-state index is 11.0. The molecule has 4 heteroatoms. The zero-order chi connectivity index (χ0) is 12.0. The summed E-state index contributed by atoms with van der Waals surface area (Å²) in [6, 6.07) is 7.64. The molecule has 1 aromatic rings. The molecule has 0 bridgehead atoms. The van der Waals surface area contributed by atoms with E-state index in [0.29, 0.717) is 13.1 Å². The van der Waals surface area contributed by atoms with Crippen molar-refractivity contribution in [2.24, 2.45) is 11.7 Å². The summed E-state index contributed by atoms with van der Waals surface area (Å²) < 4.78 is 0. The minimum Gasteiger partial charge on any atom is -0.369 e. The van der Waals surface area contributed by atoms with Crippen LogP contribution in [0.25, 0.3) is 0 Å². The Labute approximate surface area is 101 Å². The Hall–Kier alpha value is -1.06. The molecule has 0 fully saturated rings. The van der Waals surface area contributed by atoms with Gasteiger partial charge in [-0.05, 0) is 18.1 Å². The molecule has 1 atom stereocenters. The lowest BCUT2D eigenvalue weighted by Crippen LogP contribution is -2.32. The summed E-state index contributed by atoms with van der Waals surface area (Å²) >= 11 is 6.00. The van der Waals surface area contributed by atoms with Crippen molar-refractivity contribution < 1.29 is 4.79 Å². The summed E-state index contributed by atoms with van der Waals surface area (Å²) in [6.07, 6.45) is 0.755. The van der Waals surface area contributed by atoms with Crippen LogP contribution >= 0.6 is 11.6 Å². The predicted molar refractivity (Wildman–Crippen MR) is 66.1 cm³/mol. The Bertz CT molecular complexity index is 355. The quantitative estimate of drug-likeness (QED) is 0.799. The Balaban J connectivity index is 2.41. The summed E-state index contributed by atoms with van der Waals surface area (Å²) in [5.74, 6) is -0.364. The fraction of sp³-hybridized carbons (Fsp3) is 0.417. The number of nitrogens with two attached hydrogens (primary N) is 1. The van der Waals surface area contributed by atoms with E-state index in [2.05, 4.69) is 5.32 Å². The van der Waals surface area contributed by atoms with Crippen LogP contribution in [-0.2, 0) is 11.3 Å². The first-order chi connectivity index (χ1) is 7.65. The van der Waals surface area contributed by atoms with Crippen LogP contribution in [0.5, 0.6) is 0 Å². The van der Waals surface area contributed by atoms with E-state index in [1.54, 1.807) is 0 Å². The van der Waals surface area contributed by atoms with Gasteiger partial charge >= 0.3 is 0 Å². The summed E-state index contributed by atoms with van der Waals surface area (Å²) in [4.78, 5) is 11.0. The van der Waals surface area contributed by atoms with Crippen molar-refractivity contribution in [3.63, 3.8) is 0 Å². The summed E-state index contributed by atoms with van der Waals surface area (Å²) in [5, 5.41) is 3.93. The van der Waals surface area contributed by atoms with Gasteiger partial charge in [-0.3, -0.25) is 4.79 Å². The van der Waals surface area contributed by atoms with E-state index < -0.39 is 0 Å². The third-order valence-corrected chi connectivity index (χ3v) is 2.93. The average Bonchev–Trinajstić information content (AvgIpc) is 2.26. The molecule has 0 spiro atoms. The molecule has 3 N–H and O–H groups in total. The van der Waals surface area contributed by atoms with Crippen LogP contribution < -0.4 is 11.1 Å². The van der Waals surface area contributed by atoms with Crippen molar-refractivity contribution >= 4 is 17.5 Å². The van der Waals surface area contributed by atoms with Crippen molar-refractivity contribution in [1.29, 1.82) is 0 Å². The first-order valence-electron chi connectivity index (χ1n) is 5.38. The number of amides is 1. The smallest absolute Gasteiger partial charge is 0.221 e. The minimum atomic E-state index is -0.255. The number of hydrogen-bond acceptors (Lipinski definition) is 2. The summed E-state index contributed by atoms with van der Waals surface area (Å²) in [5.41, 5.74) is 6.28. The average molecular weight is 241 g/mol. The van der Waals surface area contributed by atoms with E-state index in [0.717, 1.165) is 17.0 Å². The van der Waals surface area contributed by atoms with E-state index in [-0.39, 0.29) is 11.8 Å². The molecule has 16 heavy (non-hydrogen) atoms. The zero-order valence-electron chi connectivity index (χ0n) is 9.37. The fourth-order valence-electron chi connectivity index (χ4n) is 1.47. The van der Waals surface area contributed by atoms with Crippen LogP contribution in [0.4, 0.5) is 0 Å². The number of primary amides is 1. The minimum absolute atomic E-state index is 0.109. The molecule has 3 nitrogen and oxygen atoms in total. The standard InChI is InChI=1S/C12H17ClN2O/c1-2-9(12(14)16)7-15-8-10-5-3-4-6-11(10)13/h3-6,9,15H,2,7-8H2,1H3,(H2,14,16). The van der Waals surface area contributed by atoms with Gasteiger partial charge in [0.15, 0.2) is 0 Å². The second-order valence-corrected chi connectivity index (χ2v) is 4.14. The van der Waals surface area contributed by atoms with Gasteiger partial charge in [0.25, 0.3) is 0 Å². The lowest BCUT2D eigenvalue weighted by atomic mass is 10.1. The first kappa shape index (κ1) is 13.0. The fourth-order valence-corrected chi connectivity index (χ4v) is 1.67. The Morgan fingerprint density at radius 2 is 2.19 bits per heavy atom. The van der Waals surface area contributed by atoms with Crippen LogP contribution in [-0.4, -0.2) is 12.5 Å². The third kappa shape index (κ3) is 3.83. The molecular weight excluding hydrogens is 224 g/mol. The zero-order valence-corrected chi connectivity index (χ0v) is 10.1. The normalized spacial score (nSPS) is 12.4. The van der Waals surface area contributed by atoms with Crippen molar-refractivity contribution in [1.82, 2.24) is 5.32 Å². The van der Waals surface area contributed by atoms with E-state index in [9.17, 15) is 4.79 Å². The van der Waals surface area contributed by atoms with E-state index in [1.807, 2.05) is 31.2 Å². The number of carbonyl (C=O) groups is 1. The van der Waals surface area contributed by atoms with E-state index in [1.165, 1.54) is 0 Å². The lowest BCUT2D eigenvalue weighted by molar-refractivity contribution is -0.121. The summed E-state index contributed by atoms with van der Waals surface area (Å²) in [7, 11) is 0. The molecular formula is C12H17ClN2O. The van der Waals surface area contributed by atoms with Crippen LogP contribution in [0.15, 0.2) is 24.3 Å². The number of nitrogens with one attached hydrogen (secondary N) is 1. The van der Waals surface area contributed by atoms with Gasteiger partial charge in [-0.15, -0.1) is 0 Å². The molecule has 0 aromatic heterocycles. The SMILES string of the molecule is CCC(CNCc1ccccc1Cl)C(N)=O. The number of rotatable bonds is 6. The van der Waals surface area contributed by atoms with Gasteiger partial charge in [-0.25, -0.2) is 0 Å². The largest absolute Gasteiger partial charge is 0.369 e. The Morgan fingerprint density at radius 1 is 1.50 bits per heavy atom. The highest BCUT2D eigenvalue weighted by Crippen LogP contribution is 2.14. The number of hydrogen-bond donors (Lipinski definition) is 2. The van der Waals surface area contributed by atoms with Crippen molar-refractivity contribution in [2.45, 2.75) is 19.9 Å². The second kappa shape index (κ2) is 6.51. The lowest BCUT2D eigenvalue weighted by Gasteiger charge is -2.12. The Morgan fingerprint density at radius 3 is 2.75 bits per heavy atom. The van der Waals surface area contributed by atoms with E-state index in [4.69, 9.17) is 17.3 Å². The highest BCUT2D eigenvalue weighted by atomic mass is 35.5. The van der Waals surface area contributed by atoms with Crippen molar-refractivity contribution in [2.75, 3.05) is 6.54 Å². The molecule has 0 aliphatic heterocycles. The van der Waals surface area contributed by atoms with Crippen LogP contribution in [0.3, 0.4) is 0 Å². The molecule has 1 unspecified atom stereocenters. The first-order valence-corrected chi connectivity index (χ1v) is 5.76. The molecule has 0 aliphatic carbocycles.